The van der Waals surface area contributed by atoms with Crippen LogP contribution in [0.1, 0.15) is 18.1 Å². The zero-order valence-corrected chi connectivity index (χ0v) is 16.1. The van der Waals surface area contributed by atoms with Gasteiger partial charge < -0.3 is 14.8 Å². The van der Waals surface area contributed by atoms with E-state index in [4.69, 9.17) is 9.47 Å². The van der Waals surface area contributed by atoms with Gasteiger partial charge in [-0.05, 0) is 52.2 Å². The first-order chi connectivity index (χ1) is 13.7. The molecule has 8 nitrogen and oxygen atoms in total. The van der Waals surface area contributed by atoms with Crippen molar-refractivity contribution in [1.29, 1.82) is 0 Å². The number of amides is 1. The van der Waals surface area contributed by atoms with Crippen LogP contribution >= 0.6 is 11.8 Å². The van der Waals surface area contributed by atoms with Crippen LogP contribution in [0.15, 0.2) is 47.6 Å². The number of hydrogen-bond acceptors (Lipinski definition) is 7. The Morgan fingerprint density at radius 2 is 1.93 bits per heavy atom. The van der Waals surface area contributed by atoms with E-state index in [2.05, 4.69) is 27.8 Å². The third kappa shape index (κ3) is 4.09. The van der Waals surface area contributed by atoms with E-state index in [0.717, 1.165) is 23.4 Å². The summed E-state index contributed by atoms with van der Waals surface area (Å²) >= 11 is 1.29. The lowest BCUT2D eigenvalue weighted by molar-refractivity contribution is -0.118. The second kappa shape index (κ2) is 8.30. The second-order valence-corrected chi connectivity index (χ2v) is 7.09. The standard InChI is InChI=1S/C19H19N5O3S/c1-2-13-3-6-15(7-4-13)24-19(21-22-23-24)28-11-18(25)20-10-14-5-8-16-17(9-14)27-12-26-16/h3-9H,2,10-12H2,1H3,(H,20,25). The molecule has 0 bridgehead atoms. The minimum absolute atomic E-state index is 0.0986. The highest BCUT2D eigenvalue weighted by molar-refractivity contribution is 7.99. The predicted molar refractivity (Wildman–Crippen MR) is 104 cm³/mol. The average molecular weight is 397 g/mol. The number of tetrazole rings is 1. The summed E-state index contributed by atoms with van der Waals surface area (Å²) < 4.78 is 12.3. The molecule has 1 aliphatic heterocycles. The van der Waals surface area contributed by atoms with E-state index in [1.54, 1.807) is 4.68 Å². The number of hydrogen-bond donors (Lipinski definition) is 1. The SMILES string of the molecule is CCc1ccc(-n2nnnc2SCC(=O)NCc2ccc3c(c2)OCO3)cc1. The fourth-order valence-electron chi connectivity index (χ4n) is 2.74. The monoisotopic (exact) mass is 397 g/mol. The Labute approximate surface area is 166 Å². The first-order valence-electron chi connectivity index (χ1n) is 8.88. The topological polar surface area (TPSA) is 91.2 Å². The van der Waals surface area contributed by atoms with Crippen LogP contribution in [-0.2, 0) is 17.8 Å². The molecule has 2 aromatic carbocycles. The molecule has 0 radical (unpaired) electrons. The van der Waals surface area contributed by atoms with Gasteiger partial charge in [-0.1, -0.05) is 36.9 Å². The first-order valence-corrected chi connectivity index (χ1v) is 9.87. The van der Waals surface area contributed by atoms with Crippen LogP contribution in [0, 0.1) is 0 Å². The number of thioether (sulfide) groups is 1. The molecule has 1 aromatic heterocycles. The van der Waals surface area contributed by atoms with Crippen LogP contribution < -0.4 is 14.8 Å². The first kappa shape index (κ1) is 18.3. The zero-order valence-electron chi connectivity index (χ0n) is 15.3. The highest BCUT2D eigenvalue weighted by Crippen LogP contribution is 2.32. The number of nitrogens with one attached hydrogen (secondary N) is 1. The van der Waals surface area contributed by atoms with E-state index in [9.17, 15) is 4.79 Å². The van der Waals surface area contributed by atoms with Gasteiger partial charge in [0.25, 0.3) is 0 Å². The fourth-order valence-corrected chi connectivity index (χ4v) is 3.46. The summed E-state index contributed by atoms with van der Waals surface area (Å²) in [5, 5.41) is 15.2. The van der Waals surface area contributed by atoms with E-state index < -0.39 is 0 Å². The van der Waals surface area contributed by atoms with Crippen LogP contribution in [-0.4, -0.2) is 38.7 Å². The lowest BCUT2D eigenvalue weighted by Crippen LogP contribution is -2.24. The largest absolute Gasteiger partial charge is 0.454 e. The molecule has 0 fully saturated rings. The highest BCUT2D eigenvalue weighted by atomic mass is 32.2. The van der Waals surface area contributed by atoms with E-state index >= 15 is 0 Å². The summed E-state index contributed by atoms with van der Waals surface area (Å²) in [6, 6.07) is 13.7. The Balaban J connectivity index is 1.32. The molecule has 0 saturated heterocycles. The number of aromatic nitrogens is 4. The molecule has 0 unspecified atom stereocenters. The summed E-state index contributed by atoms with van der Waals surface area (Å²) in [5.41, 5.74) is 3.06. The summed E-state index contributed by atoms with van der Waals surface area (Å²) in [6.07, 6.45) is 0.973. The number of carbonyl (C=O) groups is 1. The third-order valence-electron chi connectivity index (χ3n) is 4.29. The minimum atomic E-state index is -0.0986. The molecule has 4 rings (SSSR count). The molecule has 1 amide bonds. The van der Waals surface area contributed by atoms with Gasteiger partial charge in [-0.25, -0.2) is 0 Å². The van der Waals surface area contributed by atoms with E-state index in [-0.39, 0.29) is 18.5 Å². The van der Waals surface area contributed by atoms with Crippen LogP contribution in [0.4, 0.5) is 0 Å². The summed E-state index contributed by atoms with van der Waals surface area (Å²) in [5.74, 6) is 1.55. The Morgan fingerprint density at radius 1 is 1.14 bits per heavy atom. The Morgan fingerprint density at radius 3 is 2.75 bits per heavy atom. The lowest BCUT2D eigenvalue weighted by atomic mass is 10.1. The van der Waals surface area contributed by atoms with Crippen LogP contribution in [0.5, 0.6) is 11.5 Å². The van der Waals surface area contributed by atoms with Gasteiger partial charge in [-0.2, -0.15) is 4.68 Å². The number of ether oxygens (including phenoxy) is 2. The third-order valence-corrected chi connectivity index (χ3v) is 5.21. The van der Waals surface area contributed by atoms with Crippen LogP contribution in [0.25, 0.3) is 5.69 Å². The van der Waals surface area contributed by atoms with Gasteiger partial charge in [0.15, 0.2) is 11.5 Å². The van der Waals surface area contributed by atoms with Crippen molar-refractivity contribution in [3.05, 3.63) is 53.6 Å². The van der Waals surface area contributed by atoms with Gasteiger partial charge in [0.1, 0.15) is 0 Å². The molecular weight excluding hydrogens is 378 g/mol. The van der Waals surface area contributed by atoms with Crippen molar-refractivity contribution in [2.45, 2.75) is 25.0 Å². The Hall–Kier alpha value is -3.07. The molecule has 28 heavy (non-hydrogen) atoms. The maximum absolute atomic E-state index is 12.2. The van der Waals surface area contributed by atoms with Crippen molar-refractivity contribution >= 4 is 17.7 Å². The van der Waals surface area contributed by atoms with E-state index in [0.29, 0.717) is 17.5 Å². The normalized spacial score (nSPS) is 12.2. The number of aryl methyl sites for hydroxylation is 1. The van der Waals surface area contributed by atoms with Gasteiger partial charge in [0.2, 0.25) is 17.9 Å². The van der Waals surface area contributed by atoms with Crippen molar-refractivity contribution < 1.29 is 14.3 Å². The van der Waals surface area contributed by atoms with Crippen LogP contribution in [0.3, 0.4) is 0 Å². The van der Waals surface area contributed by atoms with Crippen molar-refractivity contribution in [2.24, 2.45) is 0 Å². The second-order valence-electron chi connectivity index (χ2n) is 6.15. The van der Waals surface area contributed by atoms with Crippen molar-refractivity contribution in [3.8, 4) is 17.2 Å². The van der Waals surface area contributed by atoms with Gasteiger partial charge in [0, 0.05) is 6.54 Å². The van der Waals surface area contributed by atoms with Crippen molar-refractivity contribution in [2.75, 3.05) is 12.5 Å². The number of carbonyl (C=O) groups excluding carboxylic acids is 1. The summed E-state index contributed by atoms with van der Waals surface area (Å²) in [6.45, 7) is 2.76. The molecule has 2 heterocycles. The molecule has 0 atom stereocenters. The zero-order chi connectivity index (χ0) is 19.3. The van der Waals surface area contributed by atoms with Gasteiger partial charge in [-0.15, -0.1) is 5.10 Å². The predicted octanol–water partition coefficient (Wildman–Crippen LogP) is 2.36. The average Bonchev–Trinajstić information content (AvgIpc) is 3.39. The Kier molecular flexibility index (Phi) is 5.43. The van der Waals surface area contributed by atoms with E-state index in [1.807, 2.05) is 42.5 Å². The van der Waals surface area contributed by atoms with Gasteiger partial charge >= 0.3 is 0 Å². The van der Waals surface area contributed by atoms with Crippen molar-refractivity contribution in [3.63, 3.8) is 0 Å². The number of rotatable bonds is 7. The van der Waals surface area contributed by atoms with Crippen molar-refractivity contribution in [1.82, 2.24) is 25.5 Å². The molecule has 1 N–H and O–H groups in total. The molecule has 144 valence electrons. The van der Waals surface area contributed by atoms with E-state index in [1.165, 1.54) is 17.3 Å². The lowest BCUT2D eigenvalue weighted by Gasteiger charge is -2.07. The summed E-state index contributed by atoms with van der Waals surface area (Å²) in [7, 11) is 0. The Bertz CT molecular complexity index is 974. The van der Waals surface area contributed by atoms with Crippen LogP contribution in [0.2, 0.25) is 0 Å². The smallest absolute Gasteiger partial charge is 0.231 e. The quantitative estimate of drug-likeness (QED) is 0.612. The summed E-state index contributed by atoms with van der Waals surface area (Å²) in [4.78, 5) is 12.2. The van der Waals surface area contributed by atoms with Gasteiger partial charge in [-0.3, -0.25) is 4.79 Å². The highest BCUT2D eigenvalue weighted by Gasteiger charge is 2.14. The molecule has 0 saturated carbocycles. The molecular formula is C19H19N5O3S. The molecule has 9 heteroatoms. The van der Waals surface area contributed by atoms with Gasteiger partial charge in [0.05, 0.1) is 11.4 Å². The number of nitrogens with zero attached hydrogens (tertiary/aromatic N) is 4. The maximum Gasteiger partial charge on any atom is 0.231 e. The molecule has 0 spiro atoms. The molecule has 0 aliphatic carbocycles. The number of fused-ring (bicyclic) bond motifs is 1. The fraction of sp³-hybridized carbons (Fsp3) is 0.263. The molecule has 1 aliphatic rings. The number of benzene rings is 2. The molecule has 3 aromatic rings. The minimum Gasteiger partial charge on any atom is -0.454 e. The maximum atomic E-state index is 12.2.